The highest BCUT2D eigenvalue weighted by molar-refractivity contribution is 9.09. The van der Waals surface area contributed by atoms with Crippen molar-refractivity contribution >= 4 is 15.9 Å². The second kappa shape index (κ2) is 9.53. The summed E-state index contributed by atoms with van der Waals surface area (Å²) in [5.41, 5.74) is 0. The predicted octanol–water partition coefficient (Wildman–Crippen LogP) is 3.61. The molecule has 0 aromatic rings. The highest BCUT2D eigenvalue weighted by atomic mass is 79.9. The zero-order valence-corrected chi connectivity index (χ0v) is 9.90. The quantitative estimate of drug-likeness (QED) is 0.463. The number of hydrogen-bond acceptors (Lipinski definition) is 1. The minimum Gasteiger partial charge on any atom is -0.381 e. The molecule has 0 saturated heterocycles. The summed E-state index contributed by atoms with van der Waals surface area (Å²) in [6, 6.07) is 0. The summed E-state index contributed by atoms with van der Waals surface area (Å²) in [6.07, 6.45) is 4.97. The molecule has 0 N–H and O–H groups in total. The van der Waals surface area contributed by atoms with Crippen LogP contribution in [0.25, 0.3) is 0 Å². The first kappa shape index (κ1) is 12.4. The molecule has 0 aliphatic carbocycles. The minimum absolute atomic E-state index is 0.735. The molecule has 0 heterocycles. The Morgan fingerprint density at radius 3 is 2.67 bits per heavy atom. The molecule has 2 heteroatoms. The smallest absolute Gasteiger partial charge is 0.0491 e. The third kappa shape index (κ3) is 8.54. The Kier molecular flexibility index (Phi) is 9.88. The van der Waals surface area contributed by atoms with Crippen LogP contribution < -0.4 is 0 Å². The van der Waals surface area contributed by atoms with Crippen molar-refractivity contribution in [1.82, 2.24) is 0 Å². The lowest BCUT2D eigenvalue weighted by Crippen LogP contribution is -2.06. The van der Waals surface area contributed by atoms with Crippen molar-refractivity contribution in [3.8, 4) is 0 Å². The van der Waals surface area contributed by atoms with E-state index in [1.54, 1.807) is 0 Å². The maximum atomic E-state index is 5.53. The lowest BCUT2D eigenvalue weighted by Gasteiger charge is -2.09. The van der Waals surface area contributed by atoms with Crippen LogP contribution in [0.1, 0.15) is 39.5 Å². The Hall–Kier alpha value is 0.440. The topological polar surface area (TPSA) is 9.23 Å². The van der Waals surface area contributed by atoms with E-state index < -0.39 is 0 Å². The number of ether oxygens (including phenoxy) is 1. The van der Waals surface area contributed by atoms with Crippen molar-refractivity contribution in [3.05, 3.63) is 0 Å². The van der Waals surface area contributed by atoms with E-state index in [0.29, 0.717) is 0 Å². The van der Waals surface area contributed by atoms with Crippen LogP contribution in [0, 0.1) is 5.92 Å². The van der Waals surface area contributed by atoms with Gasteiger partial charge in [0.05, 0.1) is 0 Å². The molecule has 0 saturated carbocycles. The highest BCUT2D eigenvalue weighted by Gasteiger charge is 1.99. The van der Waals surface area contributed by atoms with Gasteiger partial charge >= 0.3 is 0 Å². The first-order valence-electron chi connectivity index (χ1n) is 4.95. The summed E-state index contributed by atoms with van der Waals surface area (Å²) in [6.45, 7) is 6.35. The Morgan fingerprint density at radius 1 is 1.33 bits per heavy atom. The average molecular weight is 237 g/mol. The fraction of sp³-hybridized carbons (Fsp3) is 1.00. The summed E-state index contributed by atoms with van der Waals surface area (Å²) in [7, 11) is 0. The SMILES string of the molecule is CCCC(C)COCCCCBr. The molecule has 0 aromatic carbocycles. The van der Waals surface area contributed by atoms with Gasteiger partial charge < -0.3 is 4.74 Å². The highest BCUT2D eigenvalue weighted by Crippen LogP contribution is 2.05. The number of unbranched alkanes of at least 4 members (excludes halogenated alkanes) is 1. The molecule has 0 rings (SSSR count). The van der Waals surface area contributed by atoms with Crippen molar-refractivity contribution in [2.75, 3.05) is 18.5 Å². The largest absolute Gasteiger partial charge is 0.381 e. The van der Waals surface area contributed by atoms with E-state index in [2.05, 4.69) is 29.8 Å². The van der Waals surface area contributed by atoms with Crippen LogP contribution in [-0.2, 0) is 4.74 Å². The van der Waals surface area contributed by atoms with Crippen LogP contribution in [0.5, 0.6) is 0 Å². The van der Waals surface area contributed by atoms with Crippen molar-refractivity contribution in [1.29, 1.82) is 0 Å². The number of halogens is 1. The van der Waals surface area contributed by atoms with Gasteiger partial charge in [0.15, 0.2) is 0 Å². The van der Waals surface area contributed by atoms with Crippen molar-refractivity contribution in [2.24, 2.45) is 5.92 Å². The number of hydrogen-bond donors (Lipinski definition) is 0. The first-order valence-corrected chi connectivity index (χ1v) is 6.07. The average Bonchev–Trinajstić information content (AvgIpc) is 2.05. The molecule has 1 nitrogen and oxygen atoms in total. The first-order chi connectivity index (χ1) is 5.81. The number of alkyl halides is 1. The van der Waals surface area contributed by atoms with Gasteiger partial charge in [-0.2, -0.15) is 0 Å². The van der Waals surface area contributed by atoms with Gasteiger partial charge in [0.25, 0.3) is 0 Å². The monoisotopic (exact) mass is 236 g/mol. The molecular weight excluding hydrogens is 216 g/mol. The molecule has 1 unspecified atom stereocenters. The van der Waals surface area contributed by atoms with Crippen molar-refractivity contribution < 1.29 is 4.74 Å². The van der Waals surface area contributed by atoms with Gasteiger partial charge in [0.1, 0.15) is 0 Å². The van der Waals surface area contributed by atoms with Gasteiger partial charge in [-0.25, -0.2) is 0 Å². The van der Waals surface area contributed by atoms with Crippen LogP contribution in [0.15, 0.2) is 0 Å². The van der Waals surface area contributed by atoms with Gasteiger partial charge in [-0.15, -0.1) is 0 Å². The van der Waals surface area contributed by atoms with Gasteiger partial charge in [-0.05, 0) is 25.2 Å². The van der Waals surface area contributed by atoms with E-state index in [4.69, 9.17) is 4.74 Å². The summed E-state index contributed by atoms with van der Waals surface area (Å²) in [4.78, 5) is 0. The summed E-state index contributed by atoms with van der Waals surface area (Å²) >= 11 is 3.40. The van der Waals surface area contributed by atoms with Gasteiger partial charge in [0, 0.05) is 18.5 Å². The van der Waals surface area contributed by atoms with Gasteiger partial charge in [0.2, 0.25) is 0 Å². The Labute approximate surface area is 85.0 Å². The molecule has 0 aliphatic rings. The second-order valence-electron chi connectivity index (χ2n) is 3.36. The Balaban J connectivity index is 2.97. The van der Waals surface area contributed by atoms with E-state index >= 15 is 0 Å². The molecule has 0 aromatic heterocycles. The van der Waals surface area contributed by atoms with Crippen LogP contribution in [0.3, 0.4) is 0 Å². The zero-order chi connectivity index (χ0) is 9.23. The van der Waals surface area contributed by atoms with Crippen LogP contribution in [-0.4, -0.2) is 18.5 Å². The fourth-order valence-corrected chi connectivity index (χ4v) is 1.56. The fourth-order valence-electron chi connectivity index (χ4n) is 1.16. The summed E-state index contributed by atoms with van der Waals surface area (Å²) < 4.78 is 5.53. The van der Waals surface area contributed by atoms with E-state index in [0.717, 1.165) is 24.5 Å². The van der Waals surface area contributed by atoms with E-state index in [1.165, 1.54) is 25.7 Å². The molecule has 0 aliphatic heterocycles. The van der Waals surface area contributed by atoms with E-state index in [-0.39, 0.29) is 0 Å². The summed E-state index contributed by atoms with van der Waals surface area (Å²) in [5, 5.41) is 1.10. The van der Waals surface area contributed by atoms with Crippen LogP contribution >= 0.6 is 15.9 Å². The summed E-state index contributed by atoms with van der Waals surface area (Å²) in [5.74, 6) is 0.735. The third-order valence-corrected chi connectivity index (χ3v) is 2.42. The molecular formula is C10H21BrO. The lowest BCUT2D eigenvalue weighted by molar-refractivity contribution is 0.0996. The Morgan fingerprint density at radius 2 is 2.08 bits per heavy atom. The lowest BCUT2D eigenvalue weighted by atomic mass is 10.1. The second-order valence-corrected chi connectivity index (χ2v) is 4.16. The third-order valence-electron chi connectivity index (χ3n) is 1.86. The minimum atomic E-state index is 0.735. The van der Waals surface area contributed by atoms with Crippen molar-refractivity contribution in [3.63, 3.8) is 0 Å². The molecule has 12 heavy (non-hydrogen) atoms. The molecule has 0 spiro atoms. The number of rotatable bonds is 8. The molecule has 0 bridgehead atoms. The maximum Gasteiger partial charge on any atom is 0.0491 e. The molecule has 0 radical (unpaired) electrons. The van der Waals surface area contributed by atoms with E-state index in [1.807, 2.05) is 0 Å². The van der Waals surface area contributed by atoms with Gasteiger partial charge in [-0.3, -0.25) is 0 Å². The van der Waals surface area contributed by atoms with Crippen LogP contribution in [0.4, 0.5) is 0 Å². The molecule has 0 fully saturated rings. The van der Waals surface area contributed by atoms with Crippen molar-refractivity contribution in [2.45, 2.75) is 39.5 Å². The standard InChI is InChI=1S/C10H21BrO/c1-3-6-10(2)9-12-8-5-4-7-11/h10H,3-9H2,1-2H3. The molecule has 74 valence electrons. The normalized spacial score (nSPS) is 13.2. The predicted molar refractivity (Wildman–Crippen MR) is 57.9 cm³/mol. The van der Waals surface area contributed by atoms with Crippen LogP contribution in [0.2, 0.25) is 0 Å². The Bertz CT molecular complexity index is 85.9. The molecule has 1 atom stereocenters. The van der Waals surface area contributed by atoms with E-state index in [9.17, 15) is 0 Å². The molecule has 0 amide bonds. The maximum absolute atomic E-state index is 5.53. The van der Waals surface area contributed by atoms with Gasteiger partial charge in [-0.1, -0.05) is 36.2 Å². The zero-order valence-electron chi connectivity index (χ0n) is 8.31.